The van der Waals surface area contributed by atoms with Crippen LogP contribution in [0.5, 0.6) is 0 Å². The Bertz CT molecular complexity index is 936. The maximum absolute atomic E-state index is 12.3. The molecule has 0 aromatic heterocycles. The van der Waals surface area contributed by atoms with Gasteiger partial charge in [-0.25, -0.2) is 0 Å². The van der Waals surface area contributed by atoms with Gasteiger partial charge in [-0.3, -0.25) is 0 Å². The maximum Gasteiger partial charge on any atom is 0.261 e. The quantitative estimate of drug-likeness (QED) is 0.293. The maximum atomic E-state index is 12.3. The smallest absolute Gasteiger partial charge is 0.261 e. The lowest BCUT2D eigenvalue weighted by Gasteiger charge is -2.49. The minimum Gasteiger partial charge on any atom is -0.403 e. The van der Waals surface area contributed by atoms with E-state index in [0.717, 1.165) is 0 Å². The van der Waals surface area contributed by atoms with Crippen LogP contribution in [0.3, 0.4) is 0 Å². The van der Waals surface area contributed by atoms with Gasteiger partial charge in [-0.05, 0) is 51.1 Å². The Labute approximate surface area is 201 Å². The number of benzene rings is 2. The molecule has 1 saturated carbocycles. The zero-order chi connectivity index (χ0) is 23.7. The monoisotopic (exact) mass is 460 g/mol. The number of allylic oxidation sites excluding steroid dienone is 1. The molecule has 4 rings (SSSR count). The minimum atomic E-state index is -2.59. The van der Waals surface area contributed by atoms with Crippen LogP contribution in [0.15, 0.2) is 72.3 Å². The fraction of sp³-hybridized carbons (Fsp3) is 0.500. The Morgan fingerprint density at radius 3 is 2.09 bits per heavy atom. The number of carbonyl (C=O) groups excluding carboxylic acids is 1. The summed E-state index contributed by atoms with van der Waals surface area (Å²) in [5, 5.41) is 2.57. The summed E-state index contributed by atoms with van der Waals surface area (Å²) in [5.74, 6) is 0.797. The summed E-state index contributed by atoms with van der Waals surface area (Å²) in [7, 11) is -2.59. The SMILES string of the molecule is C[C@@H]1C(CO[Si](c2ccccc2)(c2ccccc2)C(C)(C)C)=C[C@]2(C)CCCC[C@@H]2[C@H]1C=O. The molecule has 0 unspecified atom stereocenters. The zero-order valence-corrected chi connectivity index (χ0v) is 22.0. The van der Waals surface area contributed by atoms with Crippen molar-refractivity contribution in [1.29, 1.82) is 0 Å². The fourth-order valence-electron chi connectivity index (χ4n) is 6.69. The average Bonchev–Trinajstić information content (AvgIpc) is 2.80. The molecule has 0 spiro atoms. The molecule has 2 aromatic rings. The highest BCUT2D eigenvalue weighted by molar-refractivity contribution is 6.99. The molecule has 3 heteroatoms. The molecule has 0 amide bonds. The first-order chi connectivity index (χ1) is 15.7. The lowest BCUT2D eigenvalue weighted by Crippen LogP contribution is -2.66. The van der Waals surface area contributed by atoms with E-state index < -0.39 is 8.32 Å². The van der Waals surface area contributed by atoms with Crippen molar-refractivity contribution in [2.75, 3.05) is 6.61 Å². The van der Waals surface area contributed by atoms with E-state index in [1.165, 1.54) is 47.9 Å². The predicted molar refractivity (Wildman–Crippen MR) is 140 cm³/mol. The first kappa shape index (κ1) is 24.2. The molecule has 2 aliphatic rings. The van der Waals surface area contributed by atoms with Crippen LogP contribution in [-0.4, -0.2) is 21.2 Å². The van der Waals surface area contributed by atoms with Gasteiger partial charge < -0.3 is 9.22 Å². The summed E-state index contributed by atoms with van der Waals surface area (Å²) in [6, 6.07) is 21.7. The molecule has 0 bridgehead atoms. The van der Waals surface area contributed by atoms with Gasteiger partial charge in [0.2, 0.25) is 0 Å². The third kappa shape index (κ3) is 4.30. The van der Waals surface area contributed by atoms with Gasteiger partial charge in [-0.1, -0.05) is 114 Å². The summed E-state index contributed by atoms with van der Waals surface area (Å²) in [6.07, 6.45) is 8.61. The highest BCUT2D eigenvalue weighted by Crippen LogP contribution is 2.52. The predicted octanol–water partition coefficient (Wildman–Crippen LogP) is 6.15. The van der Waals surface area contributed by atoms with Crippen LogP contribution < -0.4 is 10.4 Å². The molecule has 2 aliphatic carbocycles. The Morgan fingerprint density at radius 2 is 1.58 bits per heavy atom. The molecule has 2 nitrogen and oxygen atoms in total. The molecule has 2 aromatic carbocycles. The third-order valence-corrected chi connectivity index (χ3v) is 13.5. The van der Waals surface area contributed by atoms with Gasteiger partial charge in [0.15, 0.2) is 0 Å². The number of carbonyl (C=O) groups is 1. The highest BCUT2D eigenvalue weighted by Gasteiger charge is 2.51. The third-order valence-electron chi connectivity index (χ3n) is 8.50. The van der Waals surface area contributed by atoms with E-state index >= 15 is 0 Å². The second-order valence-electron chi connectivity index (χ2n) is 11.5. The van der Waals surface area contributed by atoms with Crippen molar-refractivity contribution in [1.82, 2.24) is 0 Å². The van der Waals surface area contributed by atoms with Crippen molar-refractivity contribution in [3.63, 3.8) is 0 Å². The van der Waals surface area contributed by atoms with Crippen LogP contribution in [0.2, 0.25) is 5.04 Å². The Kier molecular flexibility index (Phi) is 6.84. The van der Waals surface area contributed by atoms with Crippen LogP contribution in [0.4, 0.5) is 0 Å². The van der Waals surface area contributed by atoms with Crippen LogP contribution >= 0.6 is 0 Å². The van der Waals surface area contributed by atoms with Gasteiger partial charge in [0.1, 0.15) is 6.29 Å². The standard InChI is InChI=1S/C30H40O2Si/c1-23-24(20-30(5)19-13-12-18-28(30)27(23)21-31)22-32-33(29(2,3)4,25-14-8-6-9-15-25)26-16-10-7-11-17-26/h6-11,14-17,20-21,23,27-28H,12-13,18-19,22H2,1-5H3/t23-,27+,28-,30+/m1/s1. The summed E-state index contributed by atoms with van der Waals surface area (Å²) >= 11 is 0. The topological polar surface area (TPSA) is 26.3 Å². The lowest BCUT2D eigenvalue weighted by molar-refractivity contribution is -0.116. The second kappa shape index (κ2) is 9.35. The lowest BCUT2D eigenvalue weighted by atomic mass is 9.56. The van der Waals surface area contributed by atoms with Gasteiger partial charge in [0.05, 0.1) is 6.61 Å². The first-order valence-corrected chi connectivity index (χ1v) is 14.6. The van der Waals surface area contributed by atoms with E-state index in [9.17, 15) is 4.79 Å². The molecule has 0 saturated heterocycles. The van der Waals surface area contributed by atoms with Crippen LogP contribution in [0, 0.1) is 23.2 Å². The van der Waals surface area contributed by atoms with Gasteiger partial charge in [-0.2, -0.15) is 0 Å². The molecule has 0 N–H and O–H groups in total. The van der Waals surface area contributed by atoms with Gasteiger partial charge in [0, 0.05) is 5.92 Å². The Morgan fingerprint density at radius 1 is 1.00 bits per heavy atom. The van der Waals surface area contributed by atoms with Crippen LogP contribution in [-0.2, 0) is 9.22 Å². The molecule has 0 heterocycles. The van der Waals surface area contributed by atoms with Crippen molar-refractivity contribution in [2.24, 2.45) is 23.2 Å². The zero-order valence-electron chi connectivity index (χ0n) is 21.0. The number of hydrogen-bond donors (Lipinski definition) is 0. The molecule has 0 aliphatic heterocycles. The Hall–Kier alpha value is -1.97. The summed E-state index contributed by atoms with van der Waals surface area (Å²) < 4.78 is 7.25. The van der Waals surface area contributed by atoms with Crippen LogP contribution in [0.1, 0.15) is 60.3 Å². The molecule has 4 atom stereocenters. The van der Waals surface area contributed by atoms with Gasteiger partial charge >= 0.3 is 0 Å². The molecule has 33 heavy (non-hydrogen) atoms. The van der Waals surface area contributed by atoms with E-state index in [0.29, 0.717) is 12.5 Å². The Balaban J connectivity index is 1.77. The number of rotatable bonds is 6. The number of aldehydes is 1. The first-order valence-electron chi connectivity index (χ1n) is 12.6. The molecular weight excluding hydrogens is 420 g/mol. The van der Waals surface area contributed by atoms with Crippen molar-refractivity contribution < 1.29 is 9.22 Å². The largest absolute Gasteiger partial charge is 0.403 e. The number of hydrogen-bond acceptors (Lipinski definition) is 2. The number of fused-ring (bicyclic) bond motifs is 1. The van der Waals surface area contributed by atoms with Crippen molar-refractivity contribution in [3.05, 3.63) is 72.3 Å². The summed E-state index contributed by atoms with van der Waals surface area (Å²) in [4.78, 5) is 12.3. The van der Waals surface area contributed by atoms with Crippen molar-refractivity contribution in [3.8, 4) is 0 Å². The van der Waals surface area contributed by atoms with E-state index in [1.54, 1.807) is 0 Å². The minimum absolute atomic E-state index is 0.0461. The van der Waals surface area contributed by atoms with E-state index in [-0.39, 0.29) is 22.3 Å². The van der Waals surface area contributed by atoms with E-state index in [4.69, 9.17) is 4.43 Å². The second-order valence-corrected chi connectivity index (χ2v) is 15.8. The molecule has 1 fully saturated rings. The fourth-order valence-corrected chi connectivity index (χ4v) is 11.2. The molecule has 176 valence electrons. The highest BCUT2D eigenvalue weighted by atomic mass is 28.4. The van der Waals surface area contributed by atoms with E-state index in [2.05, 4.69) is 101 Å². The van der Waals surface area contributed by atoms with Crippen LogP contribution in [0.25, 0.3) is 0 Å². The normalized spacial score (nSPS) is 28.0. The van der Waals surface area contributed by atoms with E-state index in [1.807, 2.05) is 0 Å². The molecule has 0 radical (unpaired) electrons. The summed E-state index contributed by atoms with van der Waals surface area (Å²) in [5.41, 5.74) is 1.43. The van der Waals surface area contributed by atoms with Crippen molar-refractivity contribution in [2.45, 2.75) is 65.3 Å². The average molecular weight is 461 g/mol. The van der Waals surface area contributed by atoms with Gasteiger partial charge in [0.25, 0.3) is 8.32 Å². The molecular formula is C30H40O2Si. The van der Waals surface area contributed by atoms with Crippen molar-refractivity contribution >= 4 is 25.0 Å². The summed E-state index contributed by atoms with van der Waals surface area (Å²) in [6.45, 7) is 12.2. The van der Waals surface area contributed by atoms with Gasteiger partial charge in [-0.15, -0.1) is 0 Å².